The maximum atomic E-state index is 13.2. The van der Waals surface area contributed by atoms with Gasteiger partial charge in [0.05, 0.1) is 0 Å². The number of Topliss-reactive ketones (excluding diaryl/α,β-unsaturated/α-hetero) is 1. The molecular formula is C20H28N2O2. The summed E-state index contributed by atoms with van der Waals surface area (Å²) in [6.45, 7) is 7.85. The highest BCUT2D eigenvalue weighted by Gasteiger charge is 2.41. The van der Waals surface area contributed by atoms with Gasteiger partial charge in [0.15, 0.2) is 5.78 Å². The predicted molar refractivity (Wildman–Crippen MR) is 94.8 cm³/mol. The van der Waals surface area contributed by atoms with Crippen LogP contribution in [0.1, 0.15) is 61.5 Å². The lowest BCUT2D eigenvalue weighted by Gasteiger charge is -2.42. The van der Waals surface area contributed by atoms with E-state index in [9.17, 15) is 9.59 Å². The summed E-state index contributed by atoms with van der Waals surface area (Å²) < 4.78 is 0. The lowest BCUT2D eigenvalue weighted by molar-refractivity contribution is 0.0539. The van der Waals surface area contributed by atoms with Crippen LogP contribution in [-0.2, 0) is 13.0 Å². The summed E-state index contributed by atoms with van der Waals surface area (Å²) in [5.74, 6) is 0.810. The Bertz CT molecular complexity index is 666. The van der Waals surface area contributed by atoms with Crippen molar-refractivity contribution < 1.29 is 9.59 Å². The molecular weight excluding hydrogens is 300 g/mol. The molecule has 0 saturated heterocycles. The highest BCUT2D eigenvalue weighted by molar-refractivity contribution is 5.98. The minimum absolute atomic E-state index is 0.0629. The van der Waals surface area contributed by atoms with E-state index in [1.165, 1.54) is 12.0 Å². The first-order valence-corrected chi connectivity index (χ1v) is 9.00. The van der Waals surface area contributed by atoms with Crippen molar-refractivity contribution in [1.82, 2.24) is 4.90 Å². The number of amides is 2. The van der Waals surface area contributed by atoms with Crippen LogP contribution in [0.5, 0.6) is 0 Å². The molecule has 3 rings (SSSR count). The minimum Gasteiger partial charge on any atom is -0.351 e. The van der Waals surface area contributed by atoms with Gasteiger partial charge in [0.2, 0.25) is 0 Å². The SMILES string of the molecule is CC1CCCC(C)(C)C1C(=O)c1ccc2c(c1)CCN(C(N)=O)C2. The van der Waals surface area contributed by atoms with Gasteiger partial charge < -0.3 is 10.6 Å². The maximum absolute atomic E-state index is 13.2. The summed E-state index contributed by atoms with van der Waals surface area (Å²) in [7, 11) is 0. The van der Waals surface area contributed by atoms with Crippen LogP contribution in [0.3, 0.4) is 0 Å². The van der Waals surface area contributed by atoms with Gasteiger partial charge in [-0.3, -0.25) is 4.79 Å². The van der Waals surface area contributed by atoms with Gasteiger partial charge in [-0.2, -0.15) is 0 Å². The summed E-state index contributed by atoms with van der Waals surface area (Å²) in [6.07, 6.45) is 4.23. The first-order valence-electron chi connectivity index (χ1n) is 9.00. The van der Waals surface area contributed by atoms with E-state index in [1.54, 1.807) is 4.90 Å². The smallest absolute Gasteiger partial charge is 0.315 e. The zero-order chi connectivity index (χ0) is 17.5. The molecule has 130 valence electrons. The Labute approximate surface area is 144 Å². The number of ketones is 1. The van der Waals surface area contributed by atoms with Crippen molar-refractivity contribution in [2.45, 2.75) is 53.0 Å². The molecule has 24 heavy (non-hydrogen) atoms. The number of hydrogen-bond donors (Lipinski definition) is 1. The standard InChI is InChI=1S/C20H28N2O2/c1-13-5-4-9-20(2,3)17(13)18(23)15-6-7-16-12-22(19(21)24)10-8-14(16)11-15/h6-7,11,13,17H,4-5,8-10,12H2,1-3H3,(H2,21,24). The quantitative estimate of drug-likeness (QED) is 0.840. The second-order valence-corrected chi connectivity index (χ2v) is 8.19. The molecule has 1 aliphatic heterocycles. The third-order valence-corrected chi connectivity index (χ3v) is 5.99. The summed E-state index contributed by atoms with van der Waals surface area (Å²) in [5, 5.41) is 0. The van der Waals surface area contributed by atoms with Gasteiger partial charge in [-0.05, 0) is 47.8 Å². The number of rotatable bonds is 2. The van der Waals surface area contributed by atoms with Crippen molar-refractivity contribution in [2.24, 2.45) is 23.0 Å². The number of carbonyl (C=O) groups excluding carboxylic acids is 2. The fourth-order valence-electron chi connectivity index (χ4n) is 4.66. The second-order valence-electron chi connectivity index (χ2n) is 8.19. The zero-order valence-electron chi connectivity index (χ0n) is 15.0. The summed E-state index contributed by atoms with van der Waals surface area (Å²) in [6, 6.07) is 5.60. The van der Waals surface area contributed by atoms with Crippen molar-refractivity contribution in [3.05, 3.63) is 34.9 Å². The Kier molecular flexibility index (Phi) is 4.41. The molecule has 2 aliphatic rings. The Morgan fingerprint density at radius 1 is 1.25 bits per heavy atom. The molecule has 4 heteroatoms. The van der Waals surface area contributed by atoms with Gasteiger partial charge in [-0.1, -0.05) is 39.3 Å². The molecule has 2 N–H and O–H groups in total. The largest absolute Gasteiger partial charge is 0.351 e. The molecule has 1 fully saturated rings. The van der Waals surface area contributed by atoms with Crippen molar-refractivity contribution in [3.8, 4) is 0 Å². The van der Waals surface area contributed by atoms with Crippen LogP contribution in [0.25, 0.3) is 0 Å². The van der Waals surface area contributed by atoms with Gasteiger partial charge in [-0.15, -0.1) is 0 Å². The monoisotopic (exact) mass is 328 g/mol. The molecule has 1 heterocycles. The van der Waals surface area contributed by atoms with Gasteiger partial charge in [0.25, 0.3) is 0 Å². The molecule has 1 saturated carbocycles. The molecule has 2 atom stereocenters. The zero-order valence-corrected chi connectivity index (χ0v) is 15.0. The summed E-state index contributed by atoms with van der Waals surface area (Å²) in [5.41, 5.74) is 8.55. The predicted octanol–water partition coefficient (Wildman–Crippen LogP) is 3.77. The second kappa shape index (κ2) is 6.23. The third kappa shape index (κ3) is 3.06. The number of primary amides is 1. The van der Waals surface area contributed by atoms with Crippen LogP contribution in [0, 0.1) is 17.3 Å². The van der Waals surface area contributed by atoms with Crippen LogP contribution < -0.4 is 5.73 Å². The molecule has 2 amide bonds. The van der Waals surface area contributed by atoms with E-state index in [-0.39, 0.29) is 23.1 Å². The van der Waals surface area contributed by atoms with Crippen LogP contribution in [0.15, 0.2) is 18.2 Å². The highest BCUT2D eigenvalue weighted by Crippen LogP contribution is 2.45. The van der Waals surface area contributed by atoms with Gasteiger partial charge in [0, 0.05) is 24.6 Å². The van der Waals surface area contributed by atoms with E-state index in [0.717, 1.165) is 30.4 Å². The van der Waals surface area contributed by atoms with Crippen molar-refractivity contribution >= 4 is 11.8 Å². The molecule has 0 radical (unpaired) electrons. The Morgan fingerprint density at radius 2 is 2.00 bits per heavy atom. The van der Waals surface area contributed by atoms with Gasteiger partial charge in [-0.25, -0.2) is 4.79 Å². The number of carbonyl (C=O) groups is 2. The molecule has 0 aromatic heterocycles. The average Bonchev–Trinajstić information content (AvgIpc) is 2.52. The maximum Gasteiger partial charge on any atom is 0.315 e. The molecule has 1 aliphatic carbocycles. The molecule has 0 bridgehead atoms. The summed E-state index contributed by atoms with van der Waals surface area (Å²) >= 11 is 0. The fraction of sp³-hybridized carbons (Fsp3) is 0.600. The average molecular weight is 328 g/mol. The third-order valence-electron chi connectivity index (χ3n) is 5.99. The molecule has 1 aromatic rings. The Morgan fingerprint density at radius 3 is 2.67 bits per heavy atom. The van der Waals surface area contributed by atoms with Gasteiger partial charge in [0.1, 0.15) is 0 Å². The van der Waals surface area contributed by atoms with Crippen LogP contribution in [0.2, 0.25) is 0 Å². The molecule has 4 nitrogen and oxygen atoms in total. The number of hydrogen-bond acceptors (Lipinski definition) is 2. The molecule has 0 spiro atoms. The van der Waals surface area contributed by atoms with Crippen LogP contribution >= 0.6 is 0 Å². The van der Waals surface area contributed by atoms with Crippen LogP contribution in [-0.4, -0.2) is 23.3 Å². The summed E-state index contributed by atoms with van der Waals surface area (Å²) in [4.78, 5) is 26.2. The van der Waals surface area contributed by atoms with Crippen molar-refractivity contribution in [1.29, 1.82) is 0 Å². The Hall–Kier alpha value is -1.84. The number of benzene rings is 1. The first kappa shape index (κ1) is 17.0. The fourth-order valence-corrected chi connectivity index (χ4v) is 4.66. The highest BCUT2D eigenvalue weighted by atomic mass is 16.2. The normalized spacial score (nSPS) is 25.9. The van der Waals surface area contributed by atoms with Gasteiger partial charge >= 0.3 is 6.03 Å². The number of nitrogens with two attached hydrogens (primary N) is 1. The van der Waals surface area contributed by atoms with E-state index in [2.05, 4.69) is 20.8 Å². The van der Waals surface area contributed by atoms with E-state index in [4.69, 9.17) is 5.73 Å². The van der Waals surface area contributed by atoms with E-state index < -0.39 is 0 Å². The van der Waals surface area contributed by atoms with Crippen LogP contribution in [0.4, 0.5) is 4.79 Å². The van der Waals surface area contributed by atoms with E-state index >= 15 is 0 Å². The molecule has 2 unspecified atom stereocenters. The van der Waals surface area contributed by atoms with E-state index in [1.807, 2.05) is 18.2 Å². The number of nitrogens with zero attached hydrogens (tertiary/aromatic N) is 1. The number of fused-ring (bicyclic) bond motifs is 1. The van der Waals surface area contributed by atoms with E-state index in [0.29, 0.717) is 19.0 Å². The van der Waals surface area contributed by atoms with Crippen molar-refractivity contribution in [2.75, 3.05) is 6.54 Å². The lowest BCUT2D eigenvalue weighted by atomic mass is 9.62. The lowest BCUT2D eigenvalue weighted by Crippen LogP contribution is -2.40. The molecule has 1 aromatic carbocycles. The van der Waals surface area contributed by atoms with Crippen molar-refractivity contribution in [3.63, 3.8) is 0 Å². The minimum atomic E-state index is -0.376. The number of urea groups is 1. The topological polar surface area (TPSA) is 63.4 Å². The Balaban J connectivity index is 1.85. The first-order chi connectivity index (χ1) is 11.3.